The van der Waals surface area contributed by atoms with E-state index >= 15 is 0 Å². The minimum absolute atomic E-state index is 0.405. The highest BCUT2D eigenvalue weighted by Crippen LogP contribution is 2.10. The first kappa shape index (κ1) is 13.0. The Hall–Kier alpha value is -1.02. The van der Waals surface area contributed by atoms with Crippen molar-refractivity contribution in [2.24, 2.45) is 0 Å². The first-order valence-corrected chi connectivity index (χ1v) is 6.33. The quantitative estimate of drug-likeness (QED) is 0.707. The third-order valence-corrected chi connectivity index (χ3v) is 2.72. The maximum Gasteiger partial charge on any atom is 0.0764 e. The van der Waals surface area contributed by atoms with E-state index in [1.807, 2.05) is 6.07 Å². The van der Waals surface area contributed by atoms with Gasteiger partial charge >= 0.3 is 0 Å². The lowest BCUT2D eigenvalue weighted by Gasteiger charge is -2.29. The van der Waals surface area contributed by atoms with Crippen molar-refractivity contribution < 1.29 is 0 Å². The summed E-state index contributed by atoms with van der Waals surface area (Å²) in [6.45, 7) is 9.03. The van der Waals surface area contributed by atoms with Crippen molar-refractivity contribution >= 4 is 5.69 Å². The van der Waals surface area contributed by atoms with Crippen LogP contribution in [0.3, 0.4) is 0 Å². The van der Waals surface area contributed by atoms with Gasteiger partial charge in [0.15, 0.2) is 0 Å². The molecule has 0 saturated carbocycles. The van der Waals surface area contributed by atoms with Gasteiger partial charge in [0.1, 0.15) is 0 Å². The summed E-state index contributed by atoms with van der Waals surface area (Å²) >= 11 is 0. The molecule has 1 atom stereocenters. The molecule has 90 valence electrons. The van der Waals surface area contributed by atoms with Gasteiger partial charge in [0.25, 0.3) is 0 Å². The summed E-state index contributed by atoms with van der Waals surface area (Å²) in [5.41, 5.74) is 1.20. The number of benzene rings is 1. The number of nitrogens with zero attached hydrogens (tertiary/aromatic N) is 1. The molecule has 1 aromatic rings. The zero-order valence-corrected chi connectivity index (χ0v) is 10.7. The van der Waals surface area contributed by atoms with Crippen LogP contribution in [0.1, 0.15) is 33.6 Å². The summed E-state index contributed by atoms with van der Waals surface area (Å²) in [6, 6.07) is 10.4. The average molecular weight is 220 g/mol. The minimum atomic E-state index is 0.405. The second-order valence-corrected chi connectivity index (χ2v) is 4.22. The molecule has 1 aromatic carbocycles. The van der Waals surface area contributed by atoms with E-state index in [2.05, 4.69) is 55.3 Å². The molecule has 0 heterocycles. The summed E-state index contributed by atoms with van der Waals surface area (Å²) < 4.78 is 0. The Morgan fingerprint density at radius 2 is 1.62 bits per heavy atom. The molecule has 0 bridgehead atoms. The number of para-hydroxylation sites is 1. The Morgan fingerprint density at radius 1 is 1.06 bits per heavy atom. The SMILES string of the molecule is CCCN(CCC)C(C)Nc1ccccc1. The molecule has 0 amide bonds. The Kier molecular flexibility index (Phi) is 5.94. The Bertz CT molecular complexity index is 265. The van der Waals surface area contributed by atoms with Crippen molar-refractivity contribution in [1.82, 2.24) is 4.90 Å². The van der Waals surface area contributed by atoms with Gasteiger partial charge in [-0.1, -0.05) is 32.0 Å². The molecule has 1 rings (SSSR count). The topological polar surface area (TPSA) is 15.3 Å². The molecule has 0 saturated heterocycles. The van der Waals surface area contributed by atoms with Crippen LogP contribution in [0.4, 0.5) is 5.69 Å². The van der Waals surface area contributed by atoms with Gasteiger partial charge in [-0.3, -0.25) is 4.90 Å². The van der Waals surface area contributed by atoms with E-state index in [0.29, 0.717) is 6.17 Å². The zero-order valence-electron chi connectivity index (χ0n) is 10.7. The van der Waals surface area contributed by atoms with Crippen LogP contribution in [0.2, 0.25) is 0 Å². The van der Waals surface area contributed by atoms with E-state index in [1.165, 1.54) is 18.5 Å². The van der Waals surface area contributed by atoms with Crippen LogP contribution in [0, 0.1) is 0 Å². The fraction of sp³-hybridized carbons (Fsp3) is 0.571. The van der Waals surface area contributed by atoms with Gasteiger partial charge in [-0.2, -0.15) is 0 Å². The van der Waals surface area contributed by atoms with Gasteiger partial charge in [0.05, 0.1) is 6.17 Å². The van der Waals surface area contributed by atoms with E-state index < -0.39 is 0 Å². The lowest BCUT2D eigenvalue weighted by molar-refractivity contribution is 0.228. The maximum absolute atomic E-state index is 3.54. The van der Waals surface area contributed by atoms with Crippen molar-refractivity contribution in [2.75, 3.05) is 18.4 Å². The van der Waals surface area contributed by atoms with Crippen LogP contribution in [-0.2, 0) is 0 Å². The number of nitrogens with one attached hydrogen (secondary N) is 1. The number of rotatable bonds is 7. The number of anilines is 1. The van der Waals surface area contributed by atoms with E-state index in [1.54, 1.807) is 0 Å². The van der Waals surface area contributed by atoms with Gasteiger partial charge in [-0.15, -0.1) is 0 Å². The monoisotopic (exact) mass is 220 g/mol. The van der Waals surface area contributed by atoms with Crippen molar-refractivity contribution in [1.29, 1.82) is 0 Å². The smallest absolute Gasteiger partial charge is 0.0764 e. The van der Waals surface area contributed by atoms with Crippen LogP contribution < -0.4 is 5.32 Å². The highest BCUT2D eigenvalue weighted by Gasteiger charge is 2.10. The van der Waals surface area contributed by atoms with Crippen LogP contribution in [0.15, 0.2) is 30.3 Å². The summed E-state index contributed by atoms with van der Waals surface area (Å²) in [6.07, 6.45) is 2.82. The Balaban J connectivity index is 2.51. The fourth-order valence-electron chi connectivity index (χ4n) is 1.94. The second-order valence-electron chi connectivity index (χ2n) is 4.22. The first-order chi connectivity index (χ1) is 7.77. The predicted molar refractivity (Wildman–Crippen MR) is 71.7 cm³/mol. The largest absolute Gasteiger partial charge is 0.370 e. The van der Waals surface area contributed by atoms with Crippen molar-refractivity contribution in [3.05, 3.63) is 30.3 Å². The summed E-state index contributed by atoms with van der Waals surface area (Å²) in [5.74, 6) is 0. The lowest BCUT2D eigenvalue weighted by Crippen LogP contribution is -2.39. The van der Waals surface area contributed by atoms with Crippen molar-refractivity contribution in [3.8, 4) is 0 Å². The lowest BCUT2D eigenvalue weighted by atomic mass is 10.3. The summed E-state index contributed by atoms with van der Waals surface area (Å²) in [4.78, 5) is 2.49. The van der Waals surface area contributed by atoms with Gasteiger partial charge in [0.2, 0.25) is 0 Å². The molecule has 0 spiro atoms. The van der Waals surface area contributed by atoms with Crippen molar-refractivity contribution in [3.63, 3.8) is 0 Å². The first-order valence-electron chi connectivity index (χ1n) is 6.33. The van der Waals surface area contributed by atoms with Gasteiger partial charge < -0.3 is 5.32 Å². The van der Waals surface area contributed by atoms with Crippen LogP contribution >= 0.6 is 0 Å². The molecular formula is C14H24N2. The highest BCUT2D eigenvalue weighted by atomic mass is 15.3. The molecule has 0 aliphatic heterocycles. The molecule has 0 radical (unpaired) electrons. The molecule has 0 aromatic heterocycles. The maximum atomic E-state index is 3.54. The van der Waals surface area contributed by atoms with Crippen molar-refractivity contribution in [2.45, 2.75) is 39.8 Å². The number of hydrogen-bond acceptors (Lipinski definition) is 2. The molecule has 16 heavy (non-hydrogen) atoms. The molecule has 1 unspecified atom stereocenters. The van der Waals surface area contributed by atoms with E-state index in [0.717, 1.165) is 13.1 Å². The normalized spacial score (nSPS) is 12.8. The van der Waals surface area contributed by atoms with Crippen LogP contribution in [0.25, 0.3) is 0 Å². The van der Waals surface area contributed by atoms with E-state index in [9.17, 15) is 0 Å². The van der Waals surface area contributed by atoms with Gasteiger partial charge in [-0.05, 0) is 45.0 Å². The van der Waals surface area contributed by atoms with Crippen LogP contribution in [-0.4, -0.2) is 24.2 Å². The zero-order chi connectivity index (χ0) is 11.8. The second kappa shape index (κ2) is 7.29. The summed E-state index contributed by atoms with van der Waals surface area (Å²) in [5, 5.41) is 3.54. The molecular weight excluding hydrogens is 196 g/mol. The molecule has 0 aliphatic carbocycles. The van der Waals surface area contributed by atoms with E-state index in [-0.39, 0.29) is 0 Å². The predicted octanol–water partition coefficient (Wildman–Crippen LogP) is 3.57. The highest BCUT2D eigenvalue weighted by molar-refractivity contribution is 5.43. The number of hydrogen-bond donors (Lipinski definition) is 1. The molecule has 2 heteroatoms. The Labute approximate surface area is 99.7 Å². The Morgan fingerprint density at radius 3 is 2.12 bits per heavy atom. The van der Waals surface area contributed by atoms with Crippen LogP contribution in [0.5, 0.6) is 0 Å². The van der Waals surface area contributed by atoms with Gasteiger partial charge in [0, 0.05) is 5.69 Å². The van der Waals surface area contributed by atoms with Gasteiger partial charge in [-0.25, -0.2) is 0 Å². The van der Waals surface area contributed by atoms with E-state index in [4.69, 9.17) is 0 Å². The third-order valence-electron chi connectivity index (χ3n) is 2.72. The fourth-order valence-corrected chi connectivity index (χ4v) is 1.94. The molecule has 0 aliphatic rings. The summed E-state index contributed by atoms with van der Waals surface area (Å²) in [7, 11) is 0. The minimum Gasteiger partial charge on any atom is -0.370 e. The molecule has 1 N–H and O–H groups in total. The molecule has 0 fully saturated rings. The average Bonchev–Trinajstić information content (AvgIpc) is 2.30. The third kappa shape index (κ3) is 4.23. The standard InChI is InChI=1S/C14H24N2/c1-4-11-16(12-5-2)13(3)15-14-9-7-6-8-10-14/h6-10,13,15H,4-5,11-12H2,1-3H3. The molecule has 2 nitrogen and oxygen atoms in total.